The van der Waals surface area contributed by atoms with Crippen molar-refractivity contribution in [2.75, 3.05) is 25.3 Å². The third-order valence-electron chi connectivity index (χ3n) is 9.45. The van der Waals surface area contributed by atoms with Crippen molar-refractivity contribution >= 4 is 57.6 Å². The molecule has 1 aromatic heterocycles. The normalized spacial score (nSPS) is 16.9. The number of furan rings is 1. The van der Waals surface area contributed by atoms with Gasteiger partial charge in [0.15, 0.2) is 0 Å². The first-order valence-corrected chi connectivity index (χ1v) is 17.5. The Balaban J connectivity index is 1.44. The minimum atomic E-state index is -3.14. The average Bonchev–Trinajstić information content (AvgIpc) is 3.78. The maximum atomic E-state index is 13.8. The fourth-order valence-corrected chi connectivity index (χ4v) is 7.04. The van der Waals surface area contributed by atoms with Crippen molar-refractivity contribution in [2.24, 2.45) is 0 Å². The topological polar surface area (TPSA) is 117 Å². The Bertz CT molecular complexity index is 1950. The third-order valence-corrected chi connectivity index (χ3v) is 10.5. The van der Waals surface area contributed by atoms with Crippen molar-refractivity contribution < 1.29 is 40.8 Å². The number of nitrogens with one attached hydrogen (secondary N) is 1. The molecule has 2 aliphatic rings. The summed E-state index contributed by atoms with van der Waals surface area (Å²) in [7, 11) is -0.871. The molecule has 1 saturated carbocycles. The van der Waals surface area contributed by atoms with Crippen LogP contribution < -0.4 is 15.1 Å². The van der Waals surface area contributed by atoms with Gasteiger partial charge in [0.25, 0.3) is 5.91 Å². The lowest BCUT2D eigenvalue weighted by atomic mass is 9.75. The lowest BCUT2D eigenvalue weighted by Gasteiger charge is -2.32. The molecule has 6 rings (SSSR count). The van der Waals surface area contributed by atoms with E-state index in [1.807, 2.05) is 39.8 Å². The Morgan fingerprint density at radius 3 is 2.35 bits per heavy atom. The van der Waals surface area contributed by atoms with Crippen LogP contribution in [0.1, 0.15) is 73.5 Å². The highest BCUT2D eigenvalue weighted by atomic mass is 35.5. The number of hydrogen-bond donors (Lipinski definition) is 2. The molecule has 0 radical (unpaired) electrons. The van der Waals surface area contributed by atoms with Gasteiger partial charge in [0, 0.05) is 41.7 Å². The molecular formula is C35H39BClFN2O8S. The first-order chi connectivity index (χ1) is 23.2. The van der Waals surface area contributed by atoms with Gasteiger partial charge >= 0.3 is 7.12 Å². The Morgan fingerprint density at radius 1 is 1.08 bits per heavy atom. The zero-order valence-electron chi connectivity index (χ0n) is 28.2. The van der Waals surface area contributed by atoms with E-state index in [2.05, 4.69) is 5.32 Å². The first-order valence-electron chi connectivity index (χ1n) is 16.0. The Labute approximate surface area is 292 Å². The van der Waals surface area contributed by atoms with E-state index in [9.17, 15) is 17.6 Å². The highest BCUT2D eigenvalue weighted by Gasteiger charge is 2.53. The maximum Gasteiger partial charge on any atom is 0.496 e. The molecule has 0 spiro atoms. The van der Waals surface area contributed by atoms with E-state index in [1.54, 1.807) is 12.1 Å². The molecule has 0 bridgehead atoms. The van der Waals surface area contributed by atoms with Crippen molar-refractivity contribution in [3.63, 3.8) is 0 Å². The fourth-order valence-electron chi connectivity index (χ4n) is 6.06. The van der Waals surface area contributed by atoms with E-state index in [0.717, 1.165) is 18.4 Å². The van der Waals surface area contributed by atoms with Crippen LogP contribution in [0, 0.1) is 5.82 Å². The SMILES string of the molecule is CNC(=O)c1c(-c2ccc(F)cc2)oc2cc(N(Cc3cc(Cl)c(B4OC(C)(C)C(C)(C)O4)c(COCOC)c3)[SH](=O)=O)c(C3CC3)cc12. The first kappa shape index (κ1) is 35.4. The second-order valence-corrected chi connectivity index (χ2v) is 14.7. The number of thiol groups is 1. The summed E-state index contributed by atoms with van der Waals surface area (Å²) in [5, 5.41) is 3.55. The molecule has 2 fully saturated rings. The van der Waals surface area contributed by atoms with Crippen LogP contribution in [0.5, 0.6) is 0 Å². The number of hydrogen-bond acceptors (Lipinski definition) is 8. The van der Waals surface area contributed by atoms with E-state index in [-0.39, 0.29) is 37.5 Å². The van der Waals surface area contributed by atoms with Gasteiger partial charge in [0.05, 0.1) is 35.6 Å². The molecule has 0 unspecified atom stereocenters. The molecule has 260 valence electrons. The molecule has 49 heavy (non-hydrogen) atoms. The summed E-state index contributed by atoms with van der Waals surface area (Å²) in [6.07, 6.45) is 1.74. The predicted octanol–water partition coefficient (Wildman–Crippen LogP) is 6.08. The molecule has 1 aliphatic heterocycles. The smallest absolute Gasteiger partial charge is 0.455 e. The Morgan fingerprint density at radius 2 is 1.76 bits per heavy atom. The number of carbonyl (C=O) groups excluding carboxylic acids is 1. The molecule has 1 amide bonds. The quantitative estimate of drug-likeness (QED) is 0.0786. The van der Waals surface area contributed by atoms with E-state index in [4.69, 9.17) is 34.8 Å². The minimum absolute atomic E-state index is 0.0368. The summed E-state index contributed by atoms with van der Waals surface area (Å²) >= 11 is 6.93. The lowest BCUT2D eigenvalue weighted by Crippen LogP contribution is -2.41. The van der Waals surface area contributed by atoms with Crippen molar-refractivity contribution in [3.8, 4) is 11.3 Å². The van der Waals surface area contributed by atoms with Crippen molar-refractivity contribution in [2.45, 2.75) is 70.8 Å². The summed E-state index contributed by atoms with van der Waals surface area (Å²) in [6, 6.07) is 12.7. The molecule has 1 saturated heterocycles. The number of rotatable bonds is 12. The number of anilines is 1. The number of amides is 1. The largest absolute Gasteiger partial charge is 0.496 e. The van der Waals surface area contributed by atoms with Crippen molar-refractivity contribution in [3.05, 3.63) is 81.6 Å². The fraction of sp³-hybridized carbons (Fsp3) is 0.400. The average molecular weight is 713 g/mol. The van der Waals surface area contributed by atoms with E-state index >= 15 is 0 Å². The standard InChI is InChI=1S/C35H39BClFN2O8S/c1-34(2)35(3,4)48-36(47-34)31-23(18-45-19-44-6)13-20(14-27(31)37)17-40(49(42)43)28-16-29-26(15-25(28)21-7-8-21)30(33(41)39-5)32(46-29)22-9-11-24(38)12-10-22/h9-16,21,49H,7-8,17-19H2,1-6H3,(H,39,41). The molecule has 1 aliphatic carbocycles. The summed E-state index contributed by atoms with van der Waals surface area (Å²) in [5.41, 5.74) is 3.01. The van der Waals surface area contributed by atoms with Gasteiger partial charge in [-0.2, -0.15) is 0 Å². The monoisotopic (exact) mass is 712 g/mol. The second kappa shape index (κ2) is 13.7. The van der Waals surface area contributed by atoms with Crippen molar-refractivity contribution in [1.29, 1.82) is 0 Å². The molecule has 14 heteroatoms. The molecule has 10 nitrogen and oxygen atoms in total. The Kier molecular flexibility index (Phi) is 9.88. The van der Waals surface area contributed by atoms with Gasteiger partial charge in [0.1, 0.15) is 24.0 Å². The van der Waals surface area contributed by atoms with Crippen LogP contribution in [0.2, 0.25) is 5.02 Å². The Hall–Kier alpha value is -3.46. The number of benzene rings is 3. The van der Waals surface area contributed by atoms with Crippen LogP contribution in [-0.2, 0) is 42.8 Å². The van der Waals surface area contributed by atoms with E-state index in [1.165, 1.54) is 42.7 Å². The van der Waals surface area contributed by atoms with Crippen LogP contribution >= 0.6 is 11.6 Å². The summed E-state index contributed by atoms with van der Waals surface area (Å²) in [6.45, 7) is 7.91. The molecule has 2 heterocycles. The van der Waals surface area contributed by atoms with Gasteiger partial charge in [-0.25, -0.2) is 12.8 Å². The molecule has 0 atom stereocenters. The zero-order valence-corrected chi connectivity index (χ0v) is 29.9. The van der Waals surface area contributed by atoms with Gasteiger partial charge in [-0.3, -0.25) is 9.10 Å². The predicted molar refractivity (Wildman–Crippen MR) is 187 cm³/mol. The van der Waals surface area contributed by atoms with Gasteiger partial charge < -0.3 is 28.5 Å². The molecule has 1 N–H and O–H groups in total. The molecule has 3 aromatic carbocycles. The van der Waals surface area contributed by atoms with Gasteiger partial charge in [-0.05, 0) is 99.5 Å². The van der Waals surface area contributed by atoms with Gasteiger partial charge in [-0.1, -0.05) is 17.7 Å². The third kappa shape index (κ3) is 6.97. The summed E-state index contributed by atoms with van der Waals surface area (Å²) in [4.78, 5) is 13.2. The highest BCUT2D eigenvalue weighted by molar-refractivity contribution is 7.74. The van der Waals surface area contributed by atoms with Crippen LogP contribution in [0.15, 0.2) is 52.9 Å². The number of carbonyl (C=O) groups is 1. The number of methoxy groups -OCH3 is 1. The number of nitrogens with zero attached hydrogens (tertiary/aromatic N) is 1. The number of ether oxygens (including phenoxy) is 2. The van der Waals surface area contributed by atoms with Crippen LogP contribution in [0.3, 0.4) is 0 Å². The lowest BCUT2D eigenvalue weighted by molar-refractivity contribution is -0.0389. The number of halogens is 2. The maximum absolute atomic E-state index is 13.8. The summed E-state index contributed by atoms with van der Waals surface area (Å²) in [5.74, 6) is -0.436. The van der Waals surface area contributed by atoms with E-state index < -0.39 is 35.0 Å². The van der Waals surface area contributed by atoms with Crippen LogP contribution in [0.25, 0.3) is 22.3 Å². The van der Waals surface area contributed by atoms with Crippen LogP contribution in [0.4, 0.5) is 10.1 Å². The zero-order chi connectivity index (χ0) is 35.2. The van der Waals surface area contributed by atoms with Gasteiger partial charge in [0.2, 0.25) is 10.9 Å². The highest BCUT2D eigenvalue weighted by Crippen LogP contribution is 2.48. The van der Waals surface area contributed by atoms with Crippen molar-refractivity contribution in [1.82, 2.24) is 5.32 Å². The molecule has 4 aromatic rings. The summed E-state index contributed by atoms with van der Waals surface area (Å²) < 4.78 is 70.8. The van der Waals surface area contributed by atoms with E-state index in [0.29, 0.717) is 49.4 Å². The number of fused-ring (bicyclic) bond motifs is 1. The van der Waals surface area contributed by atoms with Crippen LogP contribution in [-0.4, -0.2) is 53.6 Å². The minimum Gasteiger partial charge on any atom is -0.455 e. The van der Waals surface area contributed by atoms with Gasteiger partial charge in [-0.15, -0.1) is 0 Å². The molecular weight excluding hydrogens is 674 g/mol. The second-order valence-electron chi connectivity index (χ2n) is 13.4.